The van der Waals surface area contributed by atoms with Crippen LogP contribution in [-0.2, 0) is 12.1 Å². The minimum Gasteiger partial charge on any atom is -0.382 e. The van der Waals surface area contributed by atoms with Gasteiger partial charge in [0.25, 0.3) is 0 Å². The summed E-state index contributed by atoms with van der Waals surface area (Å²) in [7, 11) is 0. The first-order valence-electron chi connectivity index (χ1n) is 6.67. The molecule has 0 saturated heterocycles. The highest BCUT2D eigenvalue weighted by molar-refractivity contribution is 5.07. The Balaban J connectivity index is 2.24. The summed E-state index contributed by atoms with van der Waals surface area (Å²) in [5.74, 6) is -1.05. The lowest BCUT2D eigenvalue weighted by atomic mass is 9.77. The van der Waals surface area contributed by atoms with Crippen LogP contribution < -0.4 is 0 Å². The van der Waals surface area contributed by atoms with E-state index < -0.39 is 17.7 Å². The fourth-order valence-corrected chi connectivity index (χ4v) is 2.87. The van der Waals surface area contributed by atoms with E-state index in [4.69, 9.17) is 0 Å². The van der Waals surface area contributed by atoms with Crippen molar-refractivity contribution in [3.05, 3.63) is 18.2 Å². The van der Waals surface area contributed by atoms with Crippen LogP contribution in [0.1, 0.15) is 44.9 Å². The molecule has 2 atom stereocenters. The van der Waals surface area contributed by atoms with Gasteiger partial charge in [-0.1, -0.05) is 6.92 Å². The molecule has 0 spiro atoms. The molecule has 6 heteroatoms. The first kappa shape index (κ1) is 14.4. The van der Waals surface area contributed by atoms with Gasteiger partial charge in [0.2, 0.25) is 0 Å². The molecule has 1 aliphatic carbocycles. The molecule has 0 aromatic carbocycles. The zero-order valence-corrected chi connectivity index (χ0v) is 11.0. The Hall–Kier alpha value is -1.04. The van der Waals surface area contributed by atoms with Gasteiger partial charge in [0.15, 0.2) is 0 Å². The highest BCUT2D eigenvalue weighted by Gasteiger charge is 2.49. The number of hydrogen-bond acceptors (Lipinski definition) is 2. The molecule has 0 radical (unpaired) electrons. The van der Waals surface area contributed by atoms with E-state index in [9.17, 15) is 18.3 Å². The Kier molecular flexibility index (Phi) is 3.90. The largest absolute Gasteiger partial charge is 0.391 e. The van der Waals surface area contributed by atoms with E-state index >= 15 is 0 Å². The first-order valence-corrected chi connectivity index (χ1v) is 6.67. The van der Waals surface area contributed by atoms with Crippen molar-refractivity contribution in [2.75, 3.05) is 0 Å². The highest BCUT2D eigenvalue weighted by atomic mass is 19.4. The molecule has 19 heavy (non-hydrogen) atoms. The number of imidazole rings is 1. The molecule has 1 fully saturated rings. The van der Waals surface area contributed by atoms with Crippen LogP contribution in [-0.4, -0.2) is 20.8 Å². The van der Waals surface area contributed by atoms with Crippen molar-refractivity contribution in [1.82, 2.24) is 9.55 Å². The first-order chi connectivity index (χ1) is 8.87. The number of rotatable bonds is 3. The molecule has 0 amide bonds. The van der Waals surface area contributed by atoms with Crippen LogP contribution >= 0.6 is 0 Å². The van der Waals surface area contributed by atoms with Crippen LogP contribution in [0.5, 0.6) is 0 Å². The number of aromatic nitrogens is 2. The van der Waals surface area contributed by atoms with Crippen LogP contribution in [0.4, 0.5) is 13.2 Å². The van der Waals surface area contributed by atoms with E-state index in [0.717, 1.165) is 6.42 Å². The van der Waals surface area contributed by atoms with E-state index in [-0.39, 0.29) is 12.8 Å². The molecule has 2 rings (SSSR count). The summed E-state index contributed by atoms with van der Waals surface area (Å²) in [5, 5.41) is 10.6. The van der Waals surface area contributed by atoms with Gasteiger partial charge in [-0.15, -0.1) is 0 Å². The van der Waals surface area contributed by atoms with Crippen LogP contribution in [0.2, 0.25) is 0 Å². The second-order valence-corrected chi connectivity index (χ2v) is 5.31. The van der Waals surface area contributed by atoms with Gasteiger partial charge >= 0.3 is 6.18 Å². The van der Waals surface area contributed by atoms with E-state index in [0.29, 0.717) is 25.2 Å². The highest BCUT2D eigenvalue weighted by Crippen LogP contribution is 2.45. The molecular formula is C13H19F3N2O. The maximum absolute atomic E-state index is 12.8. The van der Waals surface area contributed by atoms with Crippen LogP contribution in [0.3, 0.4) is 0 Å². The van der Waals surface area contributed by atoms with Gasteiger partial charge < -0.3 is 9.67 Å². The molecule has 0 aliphatic heterocycles. The van der Waals surface area contributed by atoms with E-state index in [2.05, 4.69) is 4.98 Å². The van der Waals surface area contributed by atoms with Gasteiger partial charge in [-0.2, -0.15) is 13.2 Å². The number of nitrogens with zero attached hydrogens (tertiary/aromatic N) is 2. The second kappa shape index (κ2) is 5.15. The Morgan fingerprint density at radius 1 is 1.53 bits per heavy atom. The zero-order valence-electron chi connectivity index (χ0n) is 11.0. The summed E-state index contributed by atoms with van der Waals surface area (Å²) < 4.78 is 40.3. The maximum atomic E-state index is 12.8. The average molecular weight is 276 g/mol. The van der Waals surface area contributed by atoms with E-state index in [1.165, 1.54) is 0 Å². The smallest absolute Gasteiger partial charge is 0.382 e. The normalized spacial score (nSPS) is 28.6. The molecule has 1 aliphatic rings. The number of aryl methyl sites for hydroxylation is 1. The quantitative estimate of drug-likeness (QED) is 0.920. The van der Waals surface area contributed by atoms with E-state index in [1.807, 2.05) is 6.92 Å². The molecule has 1 N–H and O–H groups in total. The SMILES string of the molecule is CCCn1ccnc1C1(O)CCCC(C(F)(F)F)C1. The molecule has 0 bridgehead atoms. The van der Waals surface area contributed by atoms with Crippen LogP contribution in [0.25, 0.3) is 0 Å². The molecule has 1 aromatic heterocycles. The fourth-order valence-electron chi connectivity index (χ4n) is 2.87. The van der Waals surface area contributed by atoms with Gasteiger partial charge in [0.05, 0.1) is 5.92 Å². The second-order valence-electron chi connectivity index (χ2n) is 5.31. The van der Waals surface area contributed by atoms with E-state index in [1.54, 1.807) is 17.0 Å². The predicted molar refractivity (Wildman–Crippen MR) is 64.4 cm³/mol. The third kappa shape index (κ3) is 2.94. The standard InChI is InChI=1S/C13H19F3N2O/c1-2-7-18-8-6-17-11(18)12(19)5-3-4-10(9-12)13(14,15)16/h6,8,10,19H,2-5,7,9H2,1H3. The van der Waals surface area contributed by atoms with Gasteiger partial charge in [0.1, 0.15) is 11.4 Å². The molecule has 3 nitrogen and oxygen atoms in total. The van der Waals surface area contributed by atoms with Crippen molar-refractivity contribution >= 4 is 0 Å². The molecule has 1 heterocycles. The monoisotopic (exact) mass is 276 g/mol. The predicted octanol–water partition coefficient (Wildman–Crippen LogP) is 3.23. The van der Waals surface area contributed by atoms with Crippen molar-refractivity contribution in [3.63, 3.8) is 0 Å². The lowest BCUT2D eigenvalue weighted by molar-refractivity contribution is -0.203. The summed E-state index contributed by atoms with van der Waals surface area (Å²) in [5.41, 5.74) is -1.45. The lowest BCUT2D eigenvalue weighted by Gasteiger charge is -2.37. The summed E-state index contributed by atoms with van der Waals surface area (Å²) in [4.78, 5) is 4.09. The minimum absolute atomic E-state index is 0.0975. The molecule has 1 aromatic rings. The Morgan fingerprint density at radius 3 is 2.89 bits per heavy atom. The molecule has 2 unspecified atom stereocenters. The Morgan fingerprint density at radius 2 is 2.26 bits per heavy atom. The molecule has 1 saturated carbocycles. The number of aliphatic hydroxyl groups is 1. The number of halogens is 3. The summed E-state index contributed by atoms with van der Waals surface area (Å²) in [6.45, 7) is 2.64. The van der Waals surface area contributed by atoms with Gasteiger partial charge in [-0.05, 0) is 32.1 Å². The van der Waals surface area contributed by atoms with Gasteiger partial charge in [-0.3, -0.25) is 0 Å². The van der Waals surface area contributed by atoms with Gasteiger partial charge in [0, 0.05) is 18.9 Å². The summed E-state index contributed by atoms with van der Waals surface area (Å²) in [6, 6.07) is 0. The summed E-state index contributed by atoms with van der Waals surface area (Å²) in [6.07, 6.45) is 0.407. The number of alkyl halides is 3. The van der Waals surface area contributed by atoms with Crippen molar-refractivity contribution in [2.24, 2.45) is 5.92 Å². The molecule has 108 valence electrons. The number of hydrogen-bond donors (Lipinski definition) is 1. The summed E-state index contributed by atoms with van der Waals surface area (Å²) >= 11 is 0. The van der Waals surface area contributed by atoms with Crippen molar-refractivity contribution in [3.8, 4) is 0 Å². The Labute approximate surface area is 110 Å². The minimum atomic E-state index is -4.24. The zero-order chi connectivity index (χ0) is 14.1. The lowest BCUT2D eigenvalue weighted by Crippen LogP contribution is -2.40. The maximum Gasteiger partial charge on any atom is 0.391 e. The average Bonchev–Trinajstić information content (AvgIpc) is 2.77. The Bertz CT molecular complexity index is 430. The van der Waals surface area contributed by atoms with Crippen LogP contribution in [0, 0.1) is 5.92 Å². The molecular weight excluding hydrogens is 257 g/mol. The van der Waals surface area contributed by atoms with Crippen LogP contribution in [0.15, 0.2) is 12.4 Å². The fraction of sp³-hybridized carbons (Fsp3) is 0.769. The third-order valence-corrected chi connectivity index (χ3v) is 3.79. The van der Waals surface area contributed by atoms with Crippen molar-refractivity contribution in [1.29, 1.82) is 0 Å². The third-order valence-electron chi connectivity index (χ3n) is 3.79. The topological polar surface area (TPSA) is 38.0 Å². The van der Waals surface area contributed by atoms with Crippen molar-refractivity contribution < 1.29 is 18.3 Å². The van der Waals surface area contributed by atoms with Gasteiger partial charge in [-0.25, -0.2) is 4.98 Å². The van der Waals surface area contributed by atoms with Crippen molar-refractivity contribution in [2.45, 2.75) is 57.3 Å².